The summed E-state index contributed by atoms with van der Waals surface area (Å²) in [5, 5.41) is 2.86. The highest BCUT2D eigenvalue weighted by Crippen LogP contribution is 2.28. The second-order valence-electron chi connectivity index (χ2n) is 3.08. The Morgan fingerprint density at radius 3 is 2.00 bits per heavy atom. The van der Waals surface area contributed by atoms with E-state index in [4.69, 9.17) is 0 Å². The fourth-order valence-electron chi connectivity index (χ4n) is 1.42. The lowest BCUT2D eigenvalue weighted by Gasteiger charge is -2.28. The lowest BCUT2D eigenvalue weighted by molar-refractivity contribution is 0.354. The maximum atomic E-state index is 13.1. The van der Waals surface area contributed by atoms with Crippen molar-refractivity contribution in [1.82, 2.24) is 5.32 Å². The molecule has 0 radical (unpaired) electrons. The van der Waals surface area contributed by atoms with Gasteiger partial charge < -0.3 is 5.32 Å². The monoisotopic (exact) mass is 223 g/mol. The molecule has 1 fully saturated rings. The Labute approximate surface area is 85.7 Å². The second kappa shape index (κ2) is 4.19. The summed E-state index contributed by atoms with van der Waals surface area (Å²) in [6, 6.07) is 1.12. The van der Waals surface area contributed by atoms with E-state index in [1.807, 2.05) is 0 Å². The van der Waals surface area contributed by atoms with Crippen molar-refractivity contribution in [1.29, 1.82) is 0 Å². The van der Waals surface area contributed by atoms with Crippen LogP contribution in [-0.2, 0) is 0 Å². The van der Waals surface area contributed by atoms with E-state index in [2.05, 4.69) is 5.32 Å². The molecular formula is C9H9ClF3N. The molecule has 1 N–H and O–H groups in total. The predicted octanol–water partition coefficient (Wildman–Crippen LogP) is 2.56. The molecule has 0 aliphatic carbocycles. The topological polar surface area (TPSA) is 12.0 Å². The van der Waals surface area contributed by atoms with Crippen LogP contribution in [0.25, 0.3) is 0 Å². The molecule has 0 unspecified atom stereocenters. The summed E-state index contributed by atoms with van der Waals surface area (Å²) >= 11 is 0. The molecule has 1 nitrogen and oxygen atoms in total. The molecule has 0 saturated carbocycles. The molecule has 1 aliphatic rings. The lowest BCUT2D eigenvalue weighted by atomic mass is 9.97. The highest BCUT2D eigenvalue weighted by atomic mass is 35.5. The van der Waals surface area contributed by atoms with E-state index in [0.29, 0.717) is 18.6 Å². The van der Waals surface area contributed by atoms with Crippen molar-refractivity contribution >= 4 is 12.4 Å². The van der Waals surface area contributed by atoms with Crippen LogP contribution in [0.3, 0.4) is 0 Å². The highest BCUT2D eigenvalue weighted by Gasteiger charge is 2.25. The number of hydrogen-bond acceptors (Lipinski definition) is 1. The van der Waals surface area contributed by atoms with Gasteiger partial charge in [0.25, 0.3) is 0 Å². The van der Waals surface area contributed by atoms with Gasteiger partial charge >= 0.3 is 0 Å². The molecule has 2 rings (SSSR count). The van der Waals surface area contributed by atoms with Gasteiger partial charge in [0.05, 0.1) is 0 Å². The molecule has 1 aromatic carbocycles. The third-order valence-electron chi connectivity index (χ3n) is 2.22. The van der Waals surface area contributed by atoms with Crippen LogP contribution < -0.4 is 5.32 Å². The molecule has 78 valence electrons. The summed E-state index contributed by atoms with van der Waals surface area (Å²) in [6.07, 6.45) is 0.694. The van der Waals surface area contributed by atoms with Gasteiger partial charge in [-0.3, -0.25) is 0 Å². The van der Waals surface area contributed by atoms with Gasteiger partial charge in [-0.2, -0.15) is 0 Å². The molecule has 14 heavy (non-hydrogen) atoms. The third kappa shape index (κ3) is 1.86. The van der Waals surface area contributed by atoms with E-state index in [0.717, 1.165) is 6.54 Å². The molecule has 1 heterocycles. The second-order valence-corrected chi connectivity index (χ2v) is 3.08. The fraction of sp³-hybridized carbons (Fsp3) is 0.333. The van der Waals surface area contributed by atoms with Crippen molar-refractivity contribution in [3.63, 3.8) is 0 Å². The van der Waals surface area contributed by atoms with Crippen molar-refractivity contribution in [2.24, 2.45) is 0 Å². The Morgan fingerprint density at radius 1 is 1.14 bits per heavy atom. The standard InChI is InChI=1S/C9H8F3N.ClH/c10-5-3-6(11)9(7(12)4-5)8-1-2-13-8;/h3-4,8,13H,1-2H2;1H/t8-;/m0./s1. The number of rotatable bonds is 1. The van der Waals surface area contributed by atoms with E-state index in [1.165, 1.54) is 0 Å². The molecule has 1 saturated heterocycles. The van der Waals surface area contributed by atoms with Crippen LogP contribution in [0.1, 0.15) is 18.0 Å². The van der Waals surface area contributed by atoms with Crippen LogP contribution in [0.4, 0.5) is 13.2 Å². The first-order chi connectivity index (χ1) is 6.18. The predicted molar refractivity (Wildman–Crippen MR) is 48.9 cm³/mol. The average molecular weight is 224 g/mol. The van der Waals surface area contributed by atoms with Crippen molar-refractivity contribution in [2.75, 3.05) is 6.54 Å². The quantitative estimate of drug-likeness (QED) is 0.772. The van der Waals surface area contributed by atoms with E-state index >= 15 is 0 Å². The maximum Gasteiger partial charge on any atom is 0.133 e. The highest BCUT2D eigenvalue weighted by molar-refractivity contribution is 5.85. The van der Waals surface area contributed by atoms with Crippen molar-refractivity contribution in [2.45, 2.75) is 12.5 Å². The summed E-state index contributed by atoms with van der Waals surface area (Å²) in [7, 11) is 0. The Bertz CT molecular complexity index is 316. The Hall–Kier alpha value is -0.740. The van der Waals surface area contributed by atoms with Gasteiger partial charge in [-0.1, -0.05) is 0 Å². The van der Waals surface area contributed by atoms with Crippen LogP contribution in [0.15, 0.2) is 12.1 Å². The maximum absolute atomic E-state index is 13.1. The first kappa shape index (κ1) is 11.3. The Morgan fingerprint density at radius 2 is 1.64 bits per heavy atom. The van der Waals surface area contributed by atoms with Crippen molar-refractivity contribution in [3.8, 4) is 0 Å². The Kier molecular flexibility index (Phi) is 3.39. The van der Waals surface area contributed by atoms with Gasteiger partial charge in [-0.25, -0.2) is 13.2 Å². The molecule has 5 heteroatoms. The normalized spacial score (nSPS) is 19.8. The van der Waals surface area contributed by atoms with Gasteiger partial charge in [-0.15, -0.1) is 12.4 Å². The van der Waals surface area contributed by atoms with Crippen LogP contribution >= 0.6 is 12.4 Å². The molecule has 1 aromatic rings. The summed E-state index contributed by atoms with van der Waals surface area (Å²) in [5.41, 5.74) is -0.0485. The lowest BCUT2D eigenvalue weighted by Crippen LogP contribution is -2.36. The van der Waals surface area contributed by atoms with Crippen LogP contribution in [-0.4, -0.2) is 6.54 Å². The SMILES string of the molecule is Cl.Fc1cc(F)c([C@@H]2CCN2)c(F)c1. The number of hydrogen-bond donors (Lipinski definition) is 1. The minimum Gasteiger partial charge on any atom is -0.310 e. The van der Waals surface area contributed by atoms with E-state index in [1.54, 1.807) is 0 Å². The molecular weight excluding hydrogens is 215 g/mol. The number of nitrogens with one attached hydrogen (secondary N) is 1. The van der Waals surface area contributed by atoms with Crippen molar-refractivity contribution in [3.05, 3.63) is 35.1 Å². The first-order valence-corrected chi connectivity index (χ1v) is 4.06. The zero-order chi connectivity index (χ0) is 9.42. The minimum atomic E-state index is -0.877. The van der Waals surface area contributed by atoms with Crippen molar-refractivity contribution < 1.29 is 13.2 Å². The molecule has 0 aromatic heterocycles. The van der Waals surface area contributed by atoms with E-state index < -0.39 is 17.5 Å². The molecule has 1 atom stereocenters. The number of benzene rings is 1. The first-order valence-electron chi connectivity index (χ1n) is 4.06. The average Bonchev–Trinajstić information content (AvgIpc) is 1.92. The minimum absolute atomic E-state index is 0. The summed E-state index contributed by atoms with van der Waals surface area (Å²) in [5.74, 6) is -2.50. The molecule has 0 amide bonds. The van der Waals surface area contributed by atoms with E-state index in [9.17, 15) is 13.2 Å². The smallest absolute Gasteiger partial charge is 0.133 e. The van der Waals surface area contributed by atoms with Gasteiger partial charge in [0.15, 0.2) is 0 Å². The van der Waals surface area contributed by atoms with Gasteiger partial charge in [0, 0.05) is 23.7 Å². The van der Waals surface area contributed by atoms with Gasteiger partial charge in [0.1, 0.15) is 17.5 Å². The fourth-order valence-corrected chi connectivity index (χ4v) is 1.42. The van der Waals surface area contributed by atoms with E-state index in [-0.39, 0.29) is 24.0 Å². The third-order valence-corrected chi connectivity index (χ3v) is 2.22. The number of halogens is 4. The van der Waals surface area contributed by atoms with Gasteiger partial charge in [-0.05, 0) is 13.0 Å². The summed E-state index contributed by atoms with van der Waals surface area (Å²) in [6.45, 7) is 0.751. The molecule has 0 spiro atoms. The zero-order valence-electron chi connectivity index (χ0n) is 7.19. The Balaban J connectivity index is 0.000000980. The van der Waals surface area contributed by atoms with Crippen LogP contribution in [0.5, 0.6) is 0 Å². The summed E-state index contributed by atoms with van der Waals surface area (Å²) in [4.78, 5) is 0. The van der Waals surface area contributed by atoms with Crippen LogP contribution in [0, 0.1) is 17.5 Å². The van der Waals surface area contributed by atoms with Crippen LogP contribution in [0.2, 0.25) is 0 Å². The largest absolute Gasteiger partial charge is 0.310 e. The van der Waals surface area contributed by atoms with Gasteiger partial charge in [0.2, 0.25) is 0 Å². The molecule has 1 aliphatic heterocycles. The zero-order valence-corrected chi connectivity index (χ0v) is 8.00. The molecule has 0 bridgehead atoms. The summed E-state index contributed by atoms with van der Waals surface area (Å²) < 4.78 is 38.6.